The number of pyridine rings is 1. The van der Waals surface area contributed by atoms with Crippen LogP contribution in [0.5, 0.6) is 0 Å². The van der Waals surface area contributed by atoms with Gasteiger partial charge in [0.1, 0.15) is 0 Å². The van der Waals surface area contributed by atoms with Crippen molar-refractivity contribution in [2.45, 2.75) is 13.0 Å². The molecule has 2 saturated heterocycles. The van der Waals surface area contributed by atoms with Gasteiger partial charge >= 0.3 is 0 Å². The molecule has 0 bridgehead atoms. The summed E-state index contributed by atoms with van der Waals surface area (Å²) in [6, 6.07) is 21.1. The number of carbonyl (C=O) groups excluding carboxylic acids is 1. The fourth-order valence-electron chi connectivity index (χ4n) is 5.03. The zero-order chi connectivity index (χ0) is 22.5. The van der Waals surface area contributed by atoms with Crippen LogP contribution in [0.2, 0.25) is 0 Å². The van der Waals surface area contributed by atoms with Gasteiger partial charge in [0.05, 0.1) is 12.1 Å². The summed E-state index contributed by atoms with van der Waals surface area (Å²) in [4.78, 5) is 24.3. The molecule has 1 N–H and O–H groups in total. The van der Waals surface area contributed by atoms with E-state index in [0.717, 1.165) is 64.3 Å². The Bertz CT molecular complexity index is 1060. The van der Waals surface area contributed by atoms with Gasteiger partial charge in [-0.25, -0.2) is 0 Å². The van der Waals surface area contributed by atoms with Gasteiger partial charge in [-0.2, -0.15) is 0 Å². The van der Waals surface area contributed by atoms with Crippen LogP contribution in [0, 0.1) is 5.92 Å². The smallest absolute Gasteiger partial charge is 0.234 e. The number of rotatable bonds is 7. The van der Waals surface area contributed by atoms with Crippen LogP contribution in [-0.4, -0.2) is 73.0 Å². The predicted octanol–water partition coefficient (Wildman–Crippen LogP) is 3.00. The van der Waals surface area contributed by atoms with E-state index in [9.17, 15) is 4.79 Å². The Morgan fingerprint density at radius 2 is 1.70 bits per heavy atom. The first kappa shape index (κ1) is 21.9. The quantitative estimate of drug-likeness (QED) is 0.609. The van der Waals surface area contributed by atoms with Crippen LogP contribution in [0.3, 0.4) is 0 Å². The number of nitrogens with one attached hydrogen (secondary N) is 1. The molecule has 33 heavy (non-hydrogen) atoms. The van der Waals surface area contributed by atoms with Crippen molar-refractivity contribution in [1.82, 2.24) is 20.1 Å². The second-order valence-electron chi connectivity index (χ2n) is 9.28. The number of hydrogen-bond donors (Lipinski definition) is 1. The summed E-state index contributed by atoms with van der Waals surface area (Å²) in [6.07, 6.45) is 3.00. The Labute approximate surface area is 196 Å². The van der Waals surface area contributed by atoms with Crippen LogP contribution in [-0.2, 0) is 11.3 Å². The third kappa shape index (κ3) is 5.52. The van der Waals surface area contributed by atoms with Gasteiger partial charge in [0.25, 0.3) is 0 Å². The van der Waals surface area contributed by atoms with Gasteiger partial charge < -0.3 is 10.2 Å². The van der Waals surface area contributed by atoms with E-state index in [1.54, 1.807) is 0 Å². The molecule has 1 amide bonds. The van der Waals surface area contributed by atoms with Crippen LogP contribution >= 0.6 is 0 Å². The van der Waals surface area contributed by atoms with Crippen molar-refractivity contribution < 1.29 is 4.79 Å². The van der Waals surface area contributed by atoms with Crippen molar-refractivity contribution in [2.75, 3.05) is 57.3 Å². The summed E-state index contributed by atoms with van der Waals surface area (Å²) in [5.74, 6) is 0.681. The molecule has 2 fully saturated rings. The number of piperazine rings is 1. The van der Waals surface area contributed by atoms with Gasteiger partial charge in [0, 0.05) is 69.6 Å². The number of anilines is 1. The summed E-state index contributed by atoms with van der Waals surface area (Å²) in [7, 11) is 0. The highest BCUT2D eigenvalue weighted by Gasteiger charge is 2.24. The molecule has 0 unspecified atom stereocenters. The molecule has 3 heterocycles. The highest BCUT2D eigenvalue weighted by Crippen LogP contribution is 2.23. The Balaban J connectivity index is 1.03. The minimum atomic E-state index is 0.153. The van der Waals surface area contributed by atoms with E-state index in [4.69, 9.17) is 0 Å². The van der Waals surface area contributed by atoms with E-state index in [1.165, 1.54) is 16.6 Å². The maximum Gasteiger partial charge on any atom is 0.234 e. The molecule has 0 saturated carbocycles. The Morgan fingerprint density at radius 3 is 2.55 bits per heavy atom. The second-order valence-corrected chi connectivity index (χ2v) is 9.28. The van der Waals surface area contributed by atoms with Crippen molar-refractivity contribution >= 4 is 22.5 Å². The van der Waals surface area contributed by atoms with Crippen LogP contribution < -0.4 is 10.2 Å². The topological polar surface area (TPSA) is 51.7 Å². The number of amides is 1. The Hall–Kier alpha value is -2.96. The molecule has 1 aromatic heterocycles. The standard InChI is InChI=1S/C27H33N5O/c33-26(29-18-22-11-13-32(19-22)25-9-2-1-3-10-25)21-31-16-14-30(15-17-31)20-24-7-4-6-23-8-5-12-28-27(23)24/h1-10,12,22H,11,13-21H2,(H,29,33)/t22-/m0/s1. The van der Waals surface area contributed by atoms with Crippen LogP contribution in [0.15, 0.2) is 66.9 Å². The zero-order valence-corrected chi connectivity index (χ0v) is 19.2. The highest BCUT2D eigenvalue weighted by atomic mass is 16.2. The number of fused-ring (bicyclic) bond motifs is 1. The summed E-state index contributed by atoms with van der Waals surface area (Å²) in [6.45, 7) is 8.08. The lowest BCUT2D eigenvalue weighted by Gasteiger charge is -2.34. The van der Waals surface area contributed by atoms with E-state index in [-0.39, 0.29) is 5.91 Å². The minimum absolute atomic E-state index is 0.153. The predicted molar refractivity (Wildman–Crippen MR) is 133 cm³/mol. The molecule has 172 valence electrons. The fraction of sp³-hybridized carbons (Fsp3) is 0.407. The third-order valence-electron chi connectivity index (χ3n) is 6.94. The lowest BCUT2D eigenvalue weighted by molar-refractivity contribution is -0.122. The van der Waals surface area contributed by atoms with Crippen LogP contribution in [0.1, 0.15) is 12.0 Å². The van der Waals surface area contributed by atoms with E-state index in [1.807, 2.05) is 12.3 Å². The molecule has 0 spiro atoms. The summed E-state index contributed by atoms with van der Waals surface area (Å²) in [5, 5.41) is 4.38. The average molecular weight is 444 g/mol. The molecule has 5 rings (SSSR count). The van der Waals surface area contributed by atoms with Crippen molar-refractivity contribution in [3.05, 3.63) is 72.4 Å². The van der Waals surface area contributed by atoms with Gasteiger partial charge in [0.15, 0.2) is 0 Å². The number of para-hydroxylation sites is 2. The molecular weight excluding hydrogens is 410 g/mol. The third-order valence-corrected chi connectivity index (χ3v) is 6.94. The maximum atomic E-state index is 12.6. The van der Waals surface area contributed by atoms with Crippen LogP contribution in [0.4, 0.5) is 5.69 Å². The monoisotopic (exact) mass is 443 g/mol. The van der Waals surface area contributed by atoms with Crippen molar-refractivity contribution in [2.24, 2.45) is 5.92 Å². The molecule has 1 atom stereocenters. The maximum absolute atomic E-state index is 12.6. The number of hydrogen-bond acceptors (Lipinski definition) is 5. The molecular formula is C27H33N5O. The van der Waals surface area contributed by atoms with E-state index in [2.05, 4.69) is 79.6 Å². The van der Waals surface area contributed by atoms with Crippen LogP contribution in [0.25, 0.3) is 10.9 Å². The average Bonchev–Trinajstić information content (AvgIpc) is 3.34. The number of carbonyl (C=O) groups is 1. The van der Waals surface area contributed by atoms with Crippen molar-refractivity contribution in [3.8, 4) is 0 Å². The van der Waals surface area contributed by atoms with Crippen molar-refractivity contribution in [3.63, 3.8) is 0 Å². The van der Waals surface area contributed by atoms with Gasteiger partial charge in [-0.3, -0.25) is 19.6 Å². The molecule has 6 heteroatoms. The molecule has 2 aliphatic rings. The lowest BCUT2D eigenvalue weighted by atomic mass is 10.1. The summed E-state index contributed by atoms with van der Waals surface area (Å²) in [5.41, 5.74) is 3.66. The number of benzene rings is 2. The van der Waals surface area contributed by atoms with Gasteiger partial charge in [-0.1, -0.05) is 42.5 Å². The van der Waals surface area contributed by atoms with E-state index in [0.29, 0.717) is 12.5 Å². The number of nitrogens with zero attached hydrogens (tertiary/aromatic N) is 4. The molecule has 0 aliphatic carbocycles. The fourth-order valence-corrected chi connectivity index (χ4v) is 5.03. The van der Waals surface area contributed by atoms with E-state index >= 15 is 0 Å². The first-order chi connectivity index (χ1) is 16.2. The van der Waals surface area contributed by atoms with Gasteiger partial charge in [0.2, 0.25) is 5.91 Å². The normalized spacial score (nSPS) is 19.8. The Kier molecular flexibility index (Phi) is 6.84. The zero-order valence-electron chi connectivity index (χ0n) is 19.2. The minimum Gasteiger partial charge on any atom is -0.371 e. The first-order valence-corrected chi connectivity index (χ1v) is 12.1. The lowest BCUT2D eigenvalue weighted by Crippen LogP contribution is -2.49. The number of aromatic nitrogens is 1. The summed E-state index contributed by atoms with van der Waals surface area (Å²) >= 11 is 0. The van der Waals surface area contributed by atoms with E-state index < -0.39 is 0 Å². The Morgan fingerprint density at radius 1 is 0.909 bits per heavy atom. The molecule has 0 radical (unpaired) electrons. The highest BCUT2D eigenvalue weighted by molar-refractivity contribution is 5.81. The molecule has 6 nitrogen and oxygen atoms in total. The van der Waals surface area contributed by atoms with Gasteiger partial charge in [-0.15, -0.1) is 0 Å². The van der Waals surface area contributed by atoms with Crippen molar-refractivity contribution in [1.29, 1.82) is 0 Å². The molecule has 3 aromatic rings. The summed E-state index contributed by atoms with van der Waals surface area (Å²) < 4.78 is 0. The molecule has 2 aromatic carbocycles. The first-order valence-electron chi connectivity index (χ1n) is 12.1. The largest absolute Gasteiger partial charge is 0.371 e. The molecule has 2 aliphatic heterocycles. The second kappa shape index (κ2) is 10.3. The SMILES string of the molecule is O=C(CN1CCN(Cc2cccc3cccnc23)CC1)NC[C@@H]1CCN(c2ccccc2)C1. The van der Waals surface area contributed by atoms with Gasteiger partial charge in [-0.05, 0) is 36.1 Å².